The zero-order valence-corrected chi connectivity index (χ0v) is 25.7. The summed E-state index contributed by atoms with van der Waals surface area (Å²) in [6.07, 6.45) is -6.48. The predicted octanol–water partition coefficient (Wildman–Crippen LogP) is 4.75. The Hall–Kier alpha value is -3.45. The van der Waals surface area contributed by atoms with Crippen LogP contribution in [0.4, 0.5) is 0 Å². The Morgan fingerprint density at radius 2 is 1.47 bits per heavy atom. The maximum atomic E-state index is 14.2. The molecule has 3 aromatic carbocycles. The molecule has 2 aliphatic heterocycles. The van der Waals surface area contributed by atoms with Crippen molar-refractivity contribution in [3.05, 3.63) is 108 Å². The molecular weight excluding hydrogens is 605 g/mol. The number of ether oxygens (including phenoxy) is 4. The molecule has 2 N–H and O–H groups in total. The molecule has 3 aromatic rings. The van der Waals surface area contributed by atoms with Crippen molar-refractivity contribution in [2.75, 3.05) is 6.61 Å². The fraction of sp³-hybridized carbons (Fsp3) is 0.375. The van der Waals surface area contributed by atoms with Crippen LogP contribution in [0.25, 0.3) is 0 Å². The zero-order valence-electron chi connectivity index (χ0n) is 24.8. The van der Waals surface area contributed by atoms with Gasteiger partial charge in [-0.3, -0.25) is 18.4 Å². The van der Waals surface area contributed by atoms with Crippen LogP contribution in [0, 0.1) is 0 Å². The summed E-state index contributed by atoms with van der Waals surface area (Å²) in [7, 11) is -4.42. The Morgan fingerprint density at radius 1 is 0.911 bits per heavy atom. The van der Waals surface area contributed by atoms with Crippen molar-refractivity contribution in [2.24, 2.45) is 0 Å². The van der Waals surface area contributed by atoms with Gasteiger partial charge in [-0.1, -0.05) is 91.0 Å². The lowest BCUT2D eigenvalue weighted by Gasteiger charge is -2.49. The van der Waals surface area contributed by atoms with Crippen LogP contribution in [0.3, 0.4) is 0 Å². The van der Waals surface area contributed by atoms with E-state index in [1.54, 1.807) is 24.3 Å². The van der Waals surface area contributed by atoms with E-state index in [9.17, 15) is 19.3 Å². The van der Waals surface area contributed by atoms with Crippen molar-refractivity contribution < 1.29 is 51.8 Å². The van der Waals surface area contributed by atoms with Crippen molar-refractivity contribution in [1.29, 1.82) is 0 Å². The number of benzene rings is 3. The van der Waals surface area contributed by atoms with Crippen molar-refractivity contribution in [1.82, 2.24) is 5.32 Å². The molecule has 0 radical (unpaired) electrons. The SMILES string of the molecule is CC(=O)NC1C(OP(=O)(OCc2ccccc2)OCc2ccccc2)OC2COC(c3ccccc3)OC2[C@@H]1O[C@H](C)C(=O)O. The van der Waals surface area contributed by atoms with Gasteiger partial charge in [0, 0.05) is 12.5 Å². The monoisotopic (exact) mass is 641 g/mol. The van der Waals surface area contributed by atoms with Crippen LogP contribution in [-0.2, 0) is 59.9 Å². The van der Waals surface area contributed by atoms with Crippen molar-refractivity contribution >= 4 is 19.7 Å². The summed E-state index contributed by atoms with van der Waals surface area (Å²) >= 11 is 0. The molecule has 0 aromatic heterocycles. The topological polar surface area (TPSA) is 148 Å². The molecule has 2 fully saturated rings. The van der Waals surface area contributed by atoms with Crippen LogP contribution in [0.15, 0.2) is 91.0 Å². The number of rotatable bonds is 13. The van der Waals surface area contributed by atoms with Gasteiger partial charge in [-0.25, -0.2) is 9.36 Å². The van der Waals surface area contributed by atoms with Gasteiger partial charge < -0.3 is 29.4 Å². The summed E-state index contributed by atoms with van der Waals surface area (Å²) in [6, 6.07) is 26.1. The molecule has 0 bridgehead atoms. The average Bonchev–Trinajstić information content (AvgIpc) is 3.05. The van der Waals surface area contributed by atoms with Crippen LogP contribution in [0.1, 0.15) is 36.8 Å². The van der Waals surface area contributed by atoms with Crippen molar-refractivity contribution in [2.45, 2.75) is 70.1 Å². The van der Waals surface area contributed by atoms with Crippen LogP contribution >= 0.6 is 7.82 Å². The second-order valence-corrected chi connectivity index (χ2v) is 12.2. The molecule has 240 valence electrons. The highest BCUT2D eigenvalue weighted by molar-refractivity contribution is 7.48. The summed E-state index contributed by atoms with van der Waals surface area (Å²) in [5, 5.41) is 12.4. The maximum absolute atomic E-state index is 14.2. The fourth-order valence-corrected chi connectivity index (χ4v) is 6.21. The molecule has 5 rings (SSSR count). The summed E-state index contributed by atoms with van der Waals surface area (Å²) in [5.74, 6) is -1.73. The lowest BCUT2D eigenvalue weighted by atomic mass is 9.95. The zero-order chi connectivity index (χ0) is 31.8. The lowest BCUT2D eigenvalue weighted by Crippen LogP contribution is -2.67. The van der Waals surface area contributed by atoms with E-state index in [4.69, 9.17) is 32.5 Å². The van der Waals surface area contributed by atoms with Gasteiger partial charge in [0.1, 0.15) is 24.4 Å². The van der Waals surface area contributed by atoms with Gasteiger partial charge >= 0.3 is 13.8 Å². The molecular formula is C32H36NO11P. The number of carbonyl (C=O) groups excluding carboxylic acids is 1. The molecule has 12 nitrogen and oxygen atoms in total. The highest BCUT2D eigenvalue weighted by atomic mass is 31.2. The largest absolute Gasteiger partial charge is 0.479 e. The van der Waals surface area contributed by atoms with E-state index in [0.717, 1.165) is 5.56 Å². The minimum Gasteiger partial charge on any atom is -0.479 e. The summed E-state index contributed by atoms with van der Waals surface area (Å²) in [6.45, 7) is 2.40. The number of aliphatic carboxylic acids is 1. The van der Waals surface area contributed by atoms with E-state index in [0.29, 0.717) is 11.1 Å². The van der Waals surface area contributed by atoms with Crippen LogP contribution < -0.4 is 5.32 Å². The highest BCUT2D eigenvalue weighted by Crippen LogP contribution is 2.53. The molecule has 0 spiro atoms. The minimum atomic E-state index is -4.42. The molecule has 45 heavy (non-hydrogen) atoms. The Bertz CT molecular complexity index is 1400. The highest BCUT2D eigenvalue weighted by Gasteiger charge is 2.54. The van der Waals surface area contributed by atoms with Gasteiger partial charge in [-0.05, 0) is 18.1 Å². The number of phosphoric ester groups is 1. The quantitative estimate of drug-likeness (QED) is 0.249. The van der Waals surface area contributed by atoms with Gasteiger partial charge in [0.25, 0.3) is 0 Å². The van der Waals surface area contributed by atoms with Crippen LogP contribution in [0.2, 0.25) is 0 Å². The molecule has 2 saturated heterocycles. The second-order valence-electron chi connectivity index (χ2n) is 10.6. The standard InChI is InChI=1S/C32H36NO11P/c1-21(30(35)36)41-29-27(33-22(2)34)32(42-26-20-38-31(43-28(26)29)25-16-10-5-11-17-25)44-45(37,39-18-23-12-6-3-7-13-23)40-19-24-14-8-4-9-15-24/h3-17,21,26-29,31-32H,18-20H2,1-2H3,(H,33,34)(H,35,36)/t21-,26?,27?,28?,29-,31?,32?/m1/s1. The third-order valence-corrected chi connectivity index (χ3v) is 8.54. The maximum Gasteiger partial charge on any atom is 0.477 e. The fourth-order valence-electron chi connectivity index (χ4n) is 4.97. The Balaban J connectivity index is 1.44. The normalized spacial score (nSPS) is 25.6. The number of fused-ring (bicyclic) bond motifs is 1. The number of phosphoric acid groups is 1. The molecule has 2 aliphatic rings. The first kappa shape index (κ1) is 32.9. The van der Waals surface area contributed by atoms with Crippen molar-refractivity contribution in [3.8, 4) is 0 Å². The van der Waals surface area contributed by atoms with E-state index in [1.165, 1.54) is 13.8 Å². The molecule has 2 heterocycles. The first-order valence-electron chi connectivity index (χ1n) is 14.5. The molecule has 13 heteroatoms. The Labute approximate surface area is 261 Å². The van der Waals surface area contributed by atoms with E-state index < -0.39 is 62.7 Å². The Kier molecular flexibility index (Phi) is 11.1. The molecule has 0 aliphatic carbocycles. The van der Waals surface area contributed by atoms with E-state index >= 15 is 0 Å². The van der Waals surface area contributed by atoms with Crippen LogP contribution in [-0.4, -0.2) is 60.3 Å². The van der Waals surface area contributed by atoms with E-state index in [-0.39, 0.29) is 19.8 Å². The lowest BCUT2D eigenvalue weighted by molar-refractivity contribution is -0.342. The number of carboxylic acid groups (broad SMARTS) is 1. The first-order valence-corrected chi connectivity index (χ1v) is 15.9. The summed E-state index contributed by atoms with van der Waals surface area (Å²) in [5.41, 5.74) is 2.15. The third-order valence-electron chi connectivity index (χ3n) is 7.19. The molecule has 0 saturated carbocycles. The first-order chi connectivity index (χ1) is 21.7. The second kappa shape index (κ2) is 15.2. The Morgan fingerprint density at radius 3 is 2.00 bits per heavy atom. The third kappa shape index (κ3) is 8.84. The average molecular weight is 642 g/mol. The molecule has 7 atom stereocenters. The predicted molar refractivity (Wildman–Crippen MR) is 159 cm³/mol. The van der Waals surface area contributed by atoms with E-state index in [1.807, 2.05) is 66.7 Å². The van der Waals surface area contributed by atoms with Gasteiger partial charge in [0.2, 0.25) is 5.91 Å². The number of hydrogen-bond acceptors (Lipinski definition) is 10. The van der Waals surface area contributed by atoms with Crippen LogP contribution in [0.5, 0.6) is 0 Å². The van der Waals surface area contributed by atoms with Gasteiger partial charge in [-0.15, -0.1) is 0 Å². The number of hydrogen-bond donors (Lipinski definition) is 2. The number of carbonyl (C=O) groups is 2. The van der Waals surface area contributed by atoms with Gasteiger partial charge in [0.05, 0.1) is 19.8 Å². The molecule has 1 amide bonds. The number of nitrogens with one attached hydrogen (secondary N) is 1. The molecule has 5 unspecified atom stereocenters. The van der Waals surface area contributed by atoms with E-state index in [2.05, 4.69) is 5.32 Å². The smallest absolute Gasteiger partial charge is 0.477 e. The summed E-state index contributed by atoms with van der Waals surface area (Å²) in [4.78, 5) is 24.3. The van der Waals surface area contributed by atoms with Gasteiger partial charge in [0.15, 0.2) is 18.7 Å². The number of amides is 1. The minimum absolute atomic E-state index is 0.00175. The van der Waals surface area contributed by atoms with Crippen molar-refractivity contribution in [3.63, 3.8) is 0 Å². The summed E-state index contributed by atoms with van der Waals surface area (Å²) < 4.78 is 56.2. The van der Waals surface area contributed by atoms with Gasteiger partial charge in [-0.2, -0.15) is 0 Å². The number of carboxylic acids is 1.